The van der Waals surface area contributed by atoms with Gasteiger partial charge in [0.15, 0.2) is 5.78 Å². The van der Waals surface area contributed by atoms with E-state index in [1.165, 1.54) is 0 Å². The normalized spacial score (nSPS) is 12.1. The number of carbonyl (C=O) groups is 1. The van der Waals surface area contributed by atoms with Gasteiger partial charge in [-0.2, -0.15) is 0 Å². The van der Waals surface area contributed by atoms with Crippen molar-refractivity contribution >= 4 is 5.78 Å². The quantitative estimate of drug-likeness (QED) is 0.816. The van der Waals surface area contributed by atoms with Crippen molar-refractivity contribution < 1.29 is 9.90 Å². The first kappa shape index (κ1) is 12.5. The van der Waals surface area contributed by atoms with Crippen LogP contribution >= 0.6 is 0 Å². The number of carbonyl (C=O) groups excluding carboxylic acids is 1. The van der Waals surface area contributed by atoms with Crippen LogP contribution in [0.4, 0.5) is 0 Å². The highest BCUT2D eigenvalue weighted by Gasteiger charge is 2.15. The zero-order valence-corrected chi connectivity index (χ0v) is 10.1. The van der Waals surface area contributed by atoms with Crippen LogP contribution in [-0.2, 0) is 0 Å². The van der Waals surface area contributed by atoms with Crippen LogP contribution in [0.15, 0.2) is 60.7 Å². The van der Waals surface area contributed by atoms with Crippen molar-refractivity contribution in [3.8, 4) is 0 Å². The summed E-state index contributed by atoms with van der Waals surface area (Å²) in [5, 5.41) is 9.42. The Morgan fingerprint density at radius 3 is 2.06 bits per heavy atom. The highest BCUT2D eigenvalue weighted by atomic mass is 16.3. The largest absolute Gasteiger partial charge is 0.396 e. The summed E-state index contributed by atoms with van der Waals surface area (Å²) >= 11 is 0. The Labute approximate surface area is 107 Å². The number of rotatable bonds is 5. The van der Waals surface area contributed by atoms with Gasteiger partial charge in [0.25, 0.3) is 0 Å². The monoisotopic (exact) mass is 240 g/mol. The molecule has 0 aliphatic heterocycles. The van der Waals surface area contributed by atoms with E-state index in [2.05, 4.69) is 0 Å². The van der Waals surface area contributed by atoms with Crippen LogP contribution in [0.25, 0.3) is 0 Å². The third-order valence-electron chi connectivity index (χ3n) is 3.02. The number of benzene rings is 2. The molecule has 0 aliphatic rings. The topological polar surface area (TPSA) is 37.3 Å². The average Bonchev–Trinajstić information content (AvgIpc) is 2.46. The third kappa shape index (κ3) is 3.05. The number of hydrogen-bond acceptors (Lipinski definition) is 2. The molecule has 2 rings (SSSR count). The van der Waals surface area contributed by atoms with Crippen molar-refractivity contribution in [3.63, 3.8) is 0 Å². The van der Waals surface area contributed by atoms with Crippen LogP contribution in [0.1, 0.15) is 28.3 Å². The van der Waals surface area contributed by atoms with E-state index in [-0.39, 0.29) is 18.3 Å². The van der Waals surface area contributed by atoms with Crippen molar-refractivity contribution in [1.82, 2.24) is 0 Å². The highest BCUT2D eigenvalue weighted by molar-refractivity contribution is 5.96. The summed E-state index contributed by atoms with van der Waals surface area (Å²) in [6.45, 7) is -0.0113. The first-order valence-electron chi connectivity index (χ1n) is 6.05. The maximum absolute atomic E-state index is 12.1. The van der Waals surface area contributed by atoms with Gasteiger partial charge in [-0.15, -0.1) is 0 Å². The first-order chi connectivity index (χ1) is 8.81. The highest BCUT2D eigenvalue weighted by Crippen LogP contribution is 2.21. The summed E-state index contributed by atoms with van der Waals surface area (Å²) in [7, 11) is 0. The van der Waals surface area contributed by atoms with E-state index in [0.717, 1.165) is 5.56 Å². The van der Waals surface area contributed by atoms with E-state index in [0.29, 0.717) is 12.0 Å². The molecule has 1 N–H and O–H groups in total. The van der Waals surface area contributed by atoms with E-state index in [9.17, 15) is 9.90 Å². The third-order valence-corrected chi connectivity index (χ3v) is 3.02. The van der Waals surface area contributed by atoms with Crippen molar-refractivity contribution in [1.29, 1.82) is 0 Å². The molecule has 0 radical (unpaired) electrons. The zero-order chi connectivity index (χ0) is 12.8. The Balaban J connectivity index is 2.10. The smallest absolute Gasteiger partial charge is 0.163 e. The summed E-state index contributed by atoms with van der Waals surface area (Å²) in [5.41, 5.74) is 1.70. The number of aliphatic hydroxyl groups excluding tert-OH is 1. The van der Waals surface area contributed by atoms with E-state index in [1.807, 2.05) is 60.7 Å². The number of aliphatic hydroxyl groups is 1. The molecule has 1 atom stereocenters. The summed E-state index contributed by atoms with van der Waals surface area (Å²) < 4.78 is 0. The molecule has 0 spiro atoms. The molecule has 0 fully saturated rings. The standard InChI is InChI=1S/C16H16O2/c17-12-15(13-7-3-1-4-8-13)11-16(18)14-9-5-2-6-10-14/h1-10,15,17H,11-12H2. The van der Waals surface area contributed by atoms with Gasteiger partial charge in [0.2, 0.25) is 0 Å². The molecule has 0 amide bonds. The Morgan fingerprint density at radius 1 is 0.944 bits per heavy atom. The molecule has 2 nitrogen and oxygen atoms in total. The summed E-state index contributed by atoms with van der Waals surface area (Å²) in [6, 6.07) is 18.9. The maximum atomic E-state index is 12.1. The first-order valence-corrected chi connectivity index (χ1v) is 6.05. The van der Waals surface area contributed by atoms with Crippen molar-refractivity contribution in [3.05, 3.63) is 71.8 Å². The van der Waals surface area contributed by atoms with Crippen LogP contribution in [-0.4, -0.2) is 17.5 Å². The molecular formula is C16H16O2. The van der Waals surface area contributed by atoms with Gasteiger partial charge >= 0.3 is 0 Å². The molecular weight excluding hydrogens is 224 g/mol. The molecule has 2 heteroatoms. The molecule has 92 valence electrons. The minimum Gasteiger partial charge on any atom is -0.396 e. The molecule has 0 aliphatic carbocycles. The summed E-state index contributed by atoms with van der Waals surface area (Å²) in [5.74, 6) is -0.0580. The van der Waals surface area contributed by atoms with Crippen LogP contribution in [0, 0.1) is 0 Å². The van der Waals surface area contributed by atoms with Crippen LogP contribution in [0.3, 0.4) is 0 Å². The predicted octanol–water partition coefficient (Wildman–Crippen LogP) is 3.04. The van der Waals surface area contributed by atoms with Gasteiger partial charge in [-0.05, 0) is 5.56 Å². The number of Topliss-reactive ketones (excluding diaryl/α,β-unsaturated/α-hetero) is 1. The van der Waals surface area contributed by atoms with Crippen LogP contribution < -0.4 is 0 Å². The molecule has 2 aromatic carbocycles. The van der Waals surface area contributed by atoms with Gasteiger partial charge in [-0.25, -0.2) is 0 Å². The minimum absolute atomic E-state index is 0.0113. The van der Waals surface area contributed by atoms with Crippen LogP contribution in [0.5, 0.6) is 0 Å². The summed E-state index contributed by atoms with van der Waals surface area (Å²) in [6.07, 6.45) is 0.338. The van der Waals surface area contributed by atoms with Gasteiger partial charge in [0.05, 0.1) is 6.61 Å². The Hall–Kier alpha value is -1.93. The minimum atomic E-state index is -0.126. The lowest BCUT2D eigenvalue weighted by molar-refractivity contribution is 0.0960. The SMILES string of the molecule is O=C(CC(CO)c1ccccc1)c1ccccc1. The van der Waals surface area contributed by atoms with Crippen LogP contribution in [0.2, 0.25) is 0 Å². The molecule has 18 heavy (non-hydrogen) atoms. The summed E-state index contributed by atoms with van der Waals surface area (Å²) in [4.78, 5) is 12.1. The average molecular weight is 240 g/mol. The fourth-order valence-electron chi connectivity index (χ4n) is 1.98. The second kappa shape index (κ2) is 6.12. The number of hydrogen-bond donors (Lipinski definition) is 1. The van der Waals surface area contributed by atoms with E-state index in [1.54, 1.807) is 0 Å². The molecule has 1 unspecified atom stereocenters. The van der Waals surface area contributed by atoms with Crippen molar-refractivity contribution in [2.45, 2.75) is 12.3 Å². The predicted molar refractivity (Wildman–Crippen MR) is 71.7 cm³/mol. The Bertz CT molecular complexity index is 491. The second-order valence-electron chi connectivity index (χ2n) is 4.28. The number of ketones is 1. The van der Waals surface area contributed by atoms with Gasteiger partial charge < -0.3 is 5.11 Å². The van der Waals surface area contributed by atoms with Gasteiger partial charge in [0, 0.05) is 17.9 Å². The maximum Gasteiger partial charge on any atom is 0.163 e. The molecule has 0 aromatic heterocycles. The van der Waals surface area contributed by atoms with Gasteiger partial charge in [-0.3, -0.25) is 4.79 Å². The van der Waals surface area contributed by atoms with Gasteiger partial charge in [0.1, 0.15) is 0 Å². The lowest BCUT2D eigenvalue weighted by atomic mass is 9.92. The lowest BCUT2D eigenvalue weighted by Gasteiger charge is -2.13. The van der Waals surface area contributed by atoms with Crippen molar-refractivity contribution in [2.24, 2.45) is 0 Å². The Kier molecular flexibility index (Phi) is 4.26. The van der Waals surface area contributed by atoms with E-state index >= 15 is 0 Å². The molecule has 0 heterocycles. The van der Waals surface area contributed by atoms with Gasteiger partial charge in [-0.1, -0.05) is 60.7 Å². The second-order valence-corrected chi connectivity index (χ2v) is 4.28. The lowest BCUT2D eigenvalue weighted by Crippen LogP contribution is -2.11. The molecule has 0 saturated carbocycles. The van der Waals surface area contributed by atoms with Crippen molar-refractivity contribution in [2.75, 3.05) is 6.61 Å². The molecule has 0 bridgehead atoms. The Morgan fingerprint density at radius 2 is 1.50 bits per heavy atom. The molecule has 0 saturated heterocycles. The van der Waals surface area contributed by atoms with E-state index in [4.69, 9.17) is 0 Å². The molecule has 2 aromatic rings. The fraction of sp³-hybridized carbons (Fsp3) is 0.188. The zero-order valence-electron chi connectivity index (χ0n) is 10.1. The fourth-order valence-corrected chi connectivity index (χ4v) is 1.98. The van der Waals surface area contributed by atoms with E-state index < -0.39 is 0 Å².